The molecule has 3 rings (SSSR count). The highest BCUT2D eigenvalue weighted by atomic mass is 16.5. The van der Waals surface area contributed by atoms with Crippen LogP contribution in [-0.2, 0) is 4.74 Å². The molecule has 3 aliphatic rings. The fourth-order valence-electron chi connectivity index (χ4n) is 3.00. The van der Waals surface area contributed by atoms with Crippen LogP contribution in [0.5, 0.6) is 0 Å². The zero-order chi connectivity index (χ0) is 9.60. The van der Waals surface area contributed by atoms with Gasteiger partial charge in [-0.1, -0.05) is 0 Å². The monoisotopic (exact) mass is 195 g/mol. The number of ether oxygens (including phenoxy) is 1. The van der Waals surface area contributed by atoms with Gasteiger partial charge in [0.2, 0.25) is 0 Å². The Morgan fingerprint density at radius 1 is 1.50 bits per heavy atom. The van der Waals surface area contributed by atoms with Gasteiger partial charge in [-0.25, -0.2) is 0 Å². The first-order chi connectivity index (χ1) is 6.79. The van der Waals surface area contributed by atoms with Crippen LogP contribution in [0, 0.1) is 5.92 Å². The van der Waals surface area contributed by atoms with Crippen LogP contribution in [0.1, 0.15) is 19.3 Å². The Bertz CT molecular complexity index is 276. The Hall–Kier alpha value is -0.540. The van der Waals surface area contributed by atoms with Gasteiger partial charge in [0.05, 0.1) is 6.61 Å². The second-order valence-electron chi connectivity index (χ2n) is 4.67. The molecule has 78 valence electrons. The van der Waals surface area contributed by atoms with Crippen molar-refractivity contribution in [1.29, 1.82) is 0 Å². The van der Waals surface area contributed by atoms with Crippen molar-refractivity contribution in [3.63, 3.8) is 0 Å². The summed E-state index contributed by atoms with van der Waals surface area (Å²) in [4.78, 5) is 2.44. The third kappa shape index (κ3) is 1.12. The Labute approximate surface area is 84.3 Å². The number of aliphatic hydroxyl groups is 1. The molecule has 0 radical (unpaired) electrons. The van der Waals surface area contributed by atoms with E-state index in [1.807, 2.05) is 0 Å². The number of nitrogens with zero attached hydrogens (tertiary/aromatic N) is 1. The highest BCUT2D eigenvalue weighted by Gasteiger charge is 2.48. The summed E-state index contributed by atoms with van der Waals surface area (Å²) in [6.07, 6.45) is 5.02. The van der Waals surface area contributed by atoms with E-state index in [1.165, 1.54) is 0 Å². The first kappa shape index (κ1) is 8.74. The summed E-state index contributed by atoms with van der Waals surface area (Å²) >= 11 is 0. The van der Waals surface area contributed by atoms with E-state index in [2.05, 4.69) is 11.0 Å². The van der Waals surface area contributed by atoms with E-state index in [9.17, 15) is 5.11 Å². The molecule has 0 aromatic carbocycles. The SMILES string of the molecule is OC1(C2=CCCO2)CCN2CCC1C2. The minimum absolute atomic E-state index is 0.403. The molecule has 2 bridgehead atoms. The number of rotatable bonds is 1. The second-order valence-corrected chi connectivity index (χ2v) is 4.67. The molecular weight excluding hydrogens is 178 g/mol. The smallest absolute Gasteiger partial charge is 0.126 e. The summed E-state index contributed by atoms with van der Waals surface area (Å²) in [5.41, 5.74) is -0.635. The van der Waals surface area contributed by atoms with Gasteiger partial charge >= 0.3 is 0 Å². The number of hydrogen-bond acceptors (Lipinski definition) is 3. The van der Waals surface area contributed by atoms with E-state index in [-0.39, 0.29) is 0 Å². The third-order valence-corrected chi connectivity index (χ3v) is 3.89. The fraction of sp³-hybridized carbons (Fsp3) is 0.818. The predicted octanol–water partition coefficient (Wildman–Crippen LogP) is 0.747. The minimum atomic E-state index is -0.635. The first-order valence-corrected chi connectivity index (χ1v) is 5.57. The first-order valence-electron chi connectivity index (χ1n) is 5.57. The van der Waals surface area contributed by atoms with Crippen LogP contribution in [-0.4, -0.2) is 41.8 Å². The standard InChI is InChI=1S/C11H17NO2/c13-11(10-2-1-7-14-10)4-6-12-5-3-9(11)8-12/h2,9,13H,1,3-8H2. The van der Waals surface area contributed by atoms with Crippen LogP contribution in [0.2, 0.25) is 0 Å². The number of piperidine rings is 1. The summed E-state index contributed by atoms with van der Waals surface area (Å²) < 4.78 is 5.54. The molecule has 0 aromatic rings. The third-order valence-electron chi connectivity index (χ3n) is 3.89. The molecule has 1 N–H and O–H groups in total. The normalized spacial score (nSPS) is 46.2. The average Bonchev–Trinajstić information content (AvgIpc) is 2.84. The van der Waals surface area contributed by atoms with Crippen LogP contribution in [0.15, 0.2) is 11.8 Å². The summed E-state index contributed by atoms with van der Waals surface area (Å²) in [7, 11) is 0. The minimum Gasteiger partial charge on any atom is -0.495 e. The van der Waals surface area contributed by atoms with Crippen molar-refractivity contribution in [3.8, 4) is 0 Å². The van der Waals surface area contributed by atoms with Crippen molar-refractivity contribution in [2.24, 2.45) is 5.92 Å². The fourth-order valence-corrected chi connectivity index (χ4v) is 3.00. The van der Waals surface area contributed by atoms with E-state index in [0.717, 1.165) is 51.3 Å². The molecule has 3 atom stereocenters. The lowest BCUT2D eigenvalue weighted by atomic mass is 9.80. The maximum Gasteiger partial charge on any atom is 0.126 e. The van der Waals surface area contributed by atoms with Gasteiger partial charge in [-0.05, 0) is 25.5 Å². The van der Waals surface area contributed by atoms with Crippen molar-refractivity contribution in [3.05, 3.63) is 11.8 Å². The van der Waals surface area contributed by atoms with Gasteiger partial charge in [-0.3, -0.25) is 0 Å². The van der Waals surface area contributed by atoms with Crippen molar-refractivity contribution >= 4 is 0 Å². The number of hydrogen-bond donors (Lipinski definition) is 1. The maximum absolute atomic E-state index is 10.6. The Morgan fingerprint density at radius 2 is 2.43 bits per heavy atom. The second kappa shape index (κ2) is 2.97. The predicted molar refractivity (Wildman–Crippen MR) is 52.8 cm³/mol. The molecule has 0 amide bonds. The largest absolute Gasteiger partial charge is 0.495 e. The molecule has 3 unspecified atom stereocenters. The summed E-state index contributed by atoms with van der Waals surface area (Å²) in [5, 5.41) is 10.6. The Morgan fingerprint density at radius 3 is 3.21 bits per heavy atom. The molecule has 2 saturated heterocycles. The van der Waals surface area contributed by atoms with Gasteiger partial charge in [-0.2, -0.15) is 0 Å². The maximum atomic E-state index is 10.6. The quantitative estimate of drug-likeness (QED) is 0.670. The summed E-state index contributed by atoms with van der Waals surface area (Å²) in [6.45, 7) is 3.99. The highest BCUT2D eigenvalue weighted by molar-refractivity contribution is 5.18. The Kier molecular flexibility index (Phi) is 1.86. The van der Waals surface area contributed by atoms with Crippen LogP contribution < -0.4 is 0 Å². The van der Waals surface area contributed by atoms with E-state index >= 15 is 0 Å². The molecule has 0 aliphatic carbocycles. The van der Waals surface area contributed by atoms with E-state index in [0.29, 0.717) is 5.92 Å². The average molecular weight is 195 g/mol. The van der Waals surface area contributed by atoms with Gasteiger partial charge in [0.1, 0.15) is 11.4 Å². The van der Waals surface area contributed by atoms with Gasteiger partial charge in [0.25, 0.3) is 0 Å². The zero-order valence-corrected chi connectivity index (χ0v) is 8.41. The molecule has 0 aromatic heterocycles. The molecule has 0 saturated carbocycles. The lowest BCUT2D eigenvalue weighted by Gasteiger charge is -2.38. The molecule has 3 nitrogen and oxygen atoms in total. The van der Waals surface area contributed by atoms with Crippen molar-refractivity contribution < 1.29 is 9.84 Å². The van der Waals surface area contributed by atoms with Crippen molar-refractivity contribution in [2.45, 2.75) is 24.9 Å². The van der Waals surface area contributed by atoms with Crippen LogP contribution >= 0.6 is 0 Å². The van der Waals surface area contributed by atoms with Crippen molar-refractivity contribution in [1.82, 2.24) is 4.90 Å². The molecular formula is C11H17NO2. The molecule has 14 heavy (non-hydrogen) atoms. The van der Waals surface area contributed by atoms with Crippen LogP contribution in [0.25, 0.3) is 0 Å². The lowest BCUT2D eigenvalue weighted by molar-refractivity contribution is -0.0508. The van der Waals surface area contributed by atoms with Crippen molar-refractivity contribution in [2.75, 3.05) is 26.2 Å². The lowest BCUT2D eigenvalue weighted by Crippen LogP contribution is -2.47. The highest BCUT2D eigenvalue weighted by Crippen LogP contribution is 2.41. The van der Waals surface area contributed by atoms with E-state index < -0.39 is 5.60 Å². The molecule has 0 spiro atoms. The Balaban J connectivity index is 1.87. The summed E-state index contributed by atoms with van der Waals surface area (Å²) in [5.74, 6) is 1.27. The van der Waals surface area contributed by atoms with Gasteiger partial charge in [0, 0.05) is 25.4 Å². The molecule has 3 heteroatoms. The van der Waals surface area contributed by atoms with Crippen LogP contribution in [0.3, 0.4) is 0 Å². The number of fused-ring (bicyclic) bond motifs is 2. The van der Waals surface area contributed by atoms with Gasteiger partial charge < -0.3 is 14.7 Å². The molecule has 2 fully saturated rings. The molecule has 3 aliphatic heterocycles. The zero-order valence-electron chi connectivity index (χ0n) is 8.41. The topological polar surface area (TPSA) is 32.7 Å². The van der Waals surface area contributed by atoms with E-state index in [1.54, 1.807) is 0 Å². The van der Waals surface area contributed by atoms with Gasteiger partial charge in [0.15, 0.2) is 0 Å². The van der Waals surface area contributed by atoms with Crippen LogP contribution in [0.4, 0.5) is 0 Å². The summed E-state index contributed by atoms with van der Waals surface area (Å²) in [6, 6.07) is 0. The molecule has 3 heterocycles. The van der Waals surface area contributed by atoms with Gasteiger partial charge in [-0.15, -0.1) is 0 Å². The van der Waals surface area contributed by atoms with E-state index in [4.69, 9.17) is 4.74 Å².